The van der Waals surface area contributed by atoms with Crippen molar-refractivity contribution in [1.29, 1.82) is 0 Å². The first-order chi connectivity index (χ1) is 14.3. The van der Waals surface area contributed by atoms with E-state index in [-0.39, 0.29) is 14.9 Å². The number of hydrogen-bond acceptors (Lipinski definition) is 0. The molecule has 0 nitrogen and oxygen atoms in total. The average molecular weight is 427 g/mol. The molecule has 0 aliphatic heterocycles. The van der Waals surface area contributed by atoms with Crippen LogP contribution in [0.5, 0.6) is 0 Å². The van der Waals surface area contributed by atoms with Crippen molar-refractivity contribution in [3.63, 3.8) is 0 Å². The van der Waals surface area contributed by atoms with E-state index in [4.69, 9.17) is 0 Å². The summed E-state index contributed by atoms with van der Waals surface area (Å²) in [6, 6.07) is 11.3. The fourth-order valence-corrected chi connectivity index (χ4v) is 5.38. The molecule has 1 aliphatic rings. The Morgan fingerprint density at radius 1 is 0.935 bits per heavy atom. The Balaban J connectivity index is 0.00000450. The van der Waals surface area contributed by atoms with Gasteiger partial charge in [-0.15, -0.1) is 6.58 Å². The molecule has 0 amide bonds. The largest absolute Gasteiger partial charge is 0.103 e. The maximum atomic E-state index is 4.17. The van der Waals surface area contributed by atoms with Gasteiger partial charge < -0.3 is 0 Å². The van der Waals surface area contributed by atoms with Gasteiger partial charge in [-0.3, -0.25) is 0 Å². The Bertz CT molecular complexity index is 555. The Morgan fingerprint density at radius 2 is 1.61 bits per heavy atom. The van der Waals surface area contributed by atoms with Gasteiger partial charge in [0.05, 0.1) is 0 Å². The number of rotatable bonds is 14. The Hall–Kier alpha value is -1.30. The molecule has 4 unspecified atom stereocenters. The number of hydrogen-bond donors (Lipinski definition) is 0. The van der Waals surface area contributed by atoms with Crippen LogP contribution in [0.2, 0.25) is 0 Å². The van der Waals surface area contributed by atoms with Crippen molar-refractivity contribution in [3.05, 3.63) is 60.7 Å². The molecule has 0 bridgehead atoms. The van der Waals surface area contributed by atoms with Gasteiger partial charge in [-0.25, -0.2) is 0 Å². The van der Waals surface area contributed by atoms with Crippen molar-refractivity contribution in [2.24, 2.45) is 17.8 Å². The highest BCUT2D eigenvalue weighted by molar-refractivity contribution is 5.19. The van der Waals surface area contributed by atoms with Crippen LogP contribution < -0.4 is 0 Å². The monoisotopic (exact) mass is 426 g/mol. The summed E-state index contributed by atoms with van der Waals surface area (Å²) in [5.41, 5.74) is 1.54. The number of benzene rings is 1. The molecule has 1 saturated carbocycles. The molecule has 0 radical (unpaired) electrons. The van der Waals surface area contributed by atoms with Crippen LogP contribution in [0.25, 0.3) is 0 Å². The second-order valence-corrected chi connectivity index (χ2v) is 9.32. The Kier molecular flexibility index (Phi) is 17.5. The molecule has 31 heavy (non-hydrogen) atoms. The molecule has 1 aliphatic carbocycles. The minimum atomic E-state index is 0. The third kappa shape index (κ3) is 11.2. The average Bonchev–Trinajstić information content (AvgIpc) is 2.78. The standard InChI is InChI=1S/C29H46.2CH4/c1-4-7-8-9-11-17-25(5-2)24-29(28-19-12-10-13-20-28)23-16-22-27-21-15-14-18-26(27)6-3;;/h5,8-10,12-13,19-20,25-27,29H,2,4,6-7,11,14-18,21-24H2,1,3H3;2*1H4/b9-8+;;. The van der Waals surface area contributed by atoms with Gasteiger partial charge in [0, 0.05) is 0 Å². The van der Waals surface area contributed by atoms with Gasteiger partial charge in [-0.2, -0.15) is 0 Å². The molecule has 178 valence electrons. The summed E-state index contributed by atoms with van der Waals surface area (Å²) in [6.45, 7) is 8.82. The van der Waals surface area contributed by atoms with E-state index in [1.54, 1.807) is 0 Å². The van der Waals surface area contributed by atoms with E-state index in [1.807, 2.05) is 0 Å². The fourth-order valence-electron chi connectivity index (χ4n) is 5.38. The lowest BCUT2D eigenvalue weighted by molar-refractivity contribution is 0.211. The third-order valence-corrected chi connectivity index (χ3v) is 7.24. The van der Waals surface area contributed by atoms with Crippen LogP contribution in [0.15, 0.2) is 55.1 Å². The van der Waals surface area contributed by atoms with Gasteiger partial charge in [-0.1, -0.05) is 129 Å². The van der Waals surface area contributed by atoms with Gasteiger partial charge in [0.15, 0.2) is 0 Å². The van der Waals surface area contributed by atoms with Crippen LogP contribution in [-0.2, 0) is 0 Å². The molecule has 2 rings (SSSR count). The summed E-state index contributed by atoms with van der Waals surface area (Å²) in [4.78, 5) is 0. The van der Waals surface area contributed by atoms with Crippen LogP contribution in [0.4, 0.5) is 0 Å². The maximum absolute atomic E-state index is 4.17. The zero-order valence-electron chi connectivity index (χ0n) is 19.3. The van der Waals surface area contributed by atoms with Crippen molar-refractivity contribution in [2.75, 3.05) is 0 Å². The predicted octanol–water partition coefficient (Wildman–Crippen LogP) is 10.8. The highest BCUT2D eigenvalue weighted by Crippen LogP contribution is 2.37. The molecule has 0 aromatic heterocycles. The molecule has 1 aromatic carbocycles. The Labute approximate surface area is 196 Å². The SMILES string of the molecule is C.C.C=CC(CC/C=C/CCC)CC(CCCC1CCCCC1CC)c1ccccc1. The highest BCUT2D eigenvalue weighted by Gasteiger charge is 2.24. The second-order valence-electron chi connectivity index (χ2n) is 9.32. The molecule has 4 atom stereocenters. The minimum Gasteiger partial charge on any atom is -0.103 e. The lowest BCUT2D eigenvalue weighted by Crippen LogP contribution is -2.19. The van der Waals surface area contributed by atoms with Crippen LogP contribution in [0, 0.1) is 17.8 Å². The topological polar surface area (TPSA) is 0 Å². The van der Waals surface area contributed by atoms with E-state index in [0.717, 1.165) is 11.8 Å². The van der Waals surface area contributed by atoms with Crippen molar-refractivity contribution in [2.45, 2.75) is 118 Å². The van der Waals surface area contributed by atoms with E-state index in [2.05, 4.69) is 69.0 Å². The van der Waals surface area contributed by atoms with Gasteiger partial charge in [0.25, 0.3) is 0 Å². The van der Waals surface area contributed by atoms with Gasteiger partial charge in [-0.05, 0) is 61.3 Å². The number of allylic oxidation sites excluding steroid dienone is 3. The lowest BCUT2D eigenvalue weighted by Gasteiger charge is -2.31. The van der Waals surface area contributed by atoms with Crippen LogP contribution in [-0.4, -0.2) is 0 Å². The molecule has 1 fully saturated rings. The zero-order valence-corrected chi connectivity index (χ0v) is 19.3. The second kappa shape index (κ2) is 18.3. The van der Waals surface area contributed by atoms with Gasteiger partial charge >= 0.3 is 0 Å². The van der Waals surface area contributed by atoms with E-state index in [9.17, 15) is 0 Å². The summed E-state index contributed by atoms with van der Waals surface area (Å²) >= 11 is 0. The van der Waals surface area contributed by atoms with E-state index in [1.165, 1.54) is 89.0 Å². The summed E-state index contributed by atoms with van der Waals surface area (Å²) in [6.07, 6.45) is 24.6. The van der Waals surface area contributed by atoms with Crippen molar-refractivity contribution in [1.82, 2.24) is 0 Å². The first kappa shape index (κ1) is 29.7. The number of unbranched alkanes of at least 4 members (excludes halogenated alkanes) is 1. The van der Waals surface area contributed by atoms with Gasteiger partial charge in [0.1, 0.15) is 0 Å². The first-order valence-corrected chi connectivity index (χ1v) is 12.6. The molecule has 0 heteroatoms. The lowest BCUT2D eigenvalue weighted by atomic mass is 9.74. The highest BCUT2D eigenvalue weighted by atomic mass is 14.3. The van der Waals surface area contributed by atoms with Gasteiger partial charge in [0.2, 0.25) is 0 Å². The molecule has 0 saturated heterocycles. The van der Waals surface area contributed by atoms with Crippen molar-refractivity contribution in [3.8, 4) is 0 Å². The minimum absolute atomic E-state index is 0. The van der Waals surface area contributed by atoms with Crippen molar-refractivity contribution < 1.29 is 0 Å². The summed E-state index contributed by atoms with van der Waals surface area (Å²) in [5.74, 6) is 3.30. The van der Waals surface area contributed by atoms with Crippen molar-refractivity contribution >= 4 is 0 Å². The zero-order chi connectivity index (χ0) is 20.7. The fraction of sp³-hybridized carbons (Fsp3) is 0.677. The summed E-state index contributed by atoms with van der Waals surface area (Å²) in [7, 11) is 0. The van der Waals surface area contributed by atoms with Crippen LogP contribution in [0.1, 0.15) is 124 Å². The quantitative estimate of drug-likeness (QED) is 0.259. The first-order valence-electron chi connectivity index (χ1n) is 12.6. The normalized spacial score (nSPS) is 20.5. The van der Waals surface area contributed by atoms with Crippen LogP contribution >= 0.6 is 0 Å². The molecular formula is C31H54. The van der Waals surface area contributed by atoms with E-state index < -0.39 is 0 Å². The third-order valence-electron chi connectivity index (χ3n) is 7.24. The maximum Gasteiger partial charge on any atom is -0.0156 e. The van der Waals surface area contributed by atoms with E-state index >= 15 is 0 Å². The predicted molar refractivity (Wildman–Crippen MR) is 144 cm³/mol. The molecule has 0 heterocycles. The summed E-state index contributed by atoms with van der Waals surface area (Å²) < 4.78 is 0. The molecule has 0 N–H and O–H groups in total. The summed E-state index contributed by atoms with van der Waals surface area (Å²) in [5, 5.41) is 0. The van der Waals surface area contributed by atoms with E-state index in [0.29, 0.717) is 11.8 Å². The molecular weight excluding hydrogens is 372 g/mol. The molecule has 0 spiro atoms. The Morgan fingerprint density at radius 3 is 2.26 bits per heavy atom. The van der Waals surface area contributed by atoms with Crippen LogP contribution in [0.3, 0.4) is 0 Å². The smallest absolute Gasteiger partial charge is 0.0156 e. The molecule has 1 aromatic rings.